The second kappa shape index (κ2) is 14.4. The zero-order chi connectivity index (χ0) is 37.3. The average molecular weight is 716 g/mol. The van der Waals surface area contributed by atoms with Gasteiger partial charge >= 0.3 is 0 Å². The Kier molecular flexibility index (Phi) is 8.55. The summed E-state index contributed by atoms with van der Waals surface area (Å²) in [7, 11) is 0. The highest BCUT2D eigenvalue weighted by molar-refractivity contribution is 6.11. The van der Waals surface area contributed by atoms with Gasteiger partial charge in [-0.1, -0.05) is 170 Å². The Balaban J connectivity index is 1.05. The molecule has 0 spiro atoms. The minimum Gasteiger partial charge on any atom is -0.455 e. The maximum atomic E-state index is 6.56. The molecule has 0 atom stereocenters. The molecule has 0 saturated carbocycles. The van der Waals surface area contributed by atoms with Crippen molar-refractivity contribution in [2.45, 2.75) is 0 Å². The molecule has 10 aromatic rings. The first-order chi connectivity index (χ1) is 27.7. The van der Waals surface area contributed by atoms with Crippen molar-refractivity contribution in [2.24, 2.45) is 0 Å². The van der Waals surface area contributed by atoms with E-state index in [9.17, 15) is 0 Å². The molecule has 2 heteroatoms. The van der Waals surface area contributed by atoms with Gasteiger partial charge in [0.2, 0.25) is 0 Å². The van der Waals surface area contributed by atoms with Crippen LogP contribution in [0.2, 0.25) is 0 Å². The van der Waals surface area contributed by atoms with E-state index in [1.807, 2.05) is 6.07 Å². The van der Waals surface area contributed by atoms with Crippen LogP contribution in [0.1, 0.15) is 0 Å². The third kappa shape index (κ3) is 6.34. The number of rotatable bonds is 8. The molecule has 0 amide bonds. The van der Waals surface area contributed by atoms with Crippen molar-refractivity contribution in [1.29, 1.82) is 0 Å². The maximum Gasteiger partial charge on any atom is 0.143 e. The van der Waals surface area contributed by atoms with Gasteiger partial charge in [0.25, 0.3) is 0 Å². The van der Waals surface area contributed by atoms with Gasteiger partial charge in [0, 0.05) is 33.4 Å². The molecule has 0 saturated heterocycles. The largest absolute Gasteiger partial charge is 0.455 e. The van der Waals surface area contributed by atoms with E-state index in [1.165, 1.54) is 33.4 Å². The molecular weight excluding hydrogens is 679 g/mol. The average Bonchev–Trinajstić information content (AvgIpc) is 3.67. The molecule has 0 N–H and O–H groups in total. The Morgan fingerprint density at radius 3 is 1.09 bits per heavy atom. The van der Waals surface area contributed by atoms with Gasteiger partial charge in [0.15, 0.2) is 0 Å². The normalized spacial score (nSPS) is 11.2. The van der Waals surface area contributed by atoms with E-state index in [4.69, 9.17) is 4.42 Å². The summed E-state index contributed by atoms with van der Waals surface area (Å²) in [5, 5.41) is 2.23. The molecule has 1 heterocycles. The van der Waals surface area contributed by atoms with Crippen molar-refractivity contribution < 1.29 is 4.42 Å². The molecular formula is C54H37NO. The van der Waals surface area contributed by atoms with Crippen LogP contribution in [0.15, 0.2) is 229 Å². The van der Waals surface area contributed by atoms with Gasteiger partial charge in [-0.25, -0.2) is 0 Å². The Hall–Kier alpha value is -7.42. The third-order valence-corrected chi connectivity index (χ3v) is 10.7. The number of fused-ring (bicyclic) bond motifs is 3. The summed E-state index contributed by atoms with van der Waals surface area (Å²) in [6.45, 7) is 0. The Morgan fingerprint density at radius 2 is 0.625 bits per heavy atom. The lowest BCUT2D eigenvalue weighted by Crippen LogP contribution is -2.09. The van der Waals surface area contributed by atoms with E-state index in [0.29, 0.717) is 0 Å². The first-order valence-corrected chi connectivity index (χ1v) is 19.1. The van der Waals surface area contributed by atoms with Crippen molar-refractivity contribution in [1.82, 2.24) is 0 Å². The topological polar surface area (TPSA) is 16.4 Å². The summed E-state index contributed by atoms with van der Waals surface area (Å²) < 4.78 is 6.56. The van der Waals surface area contributed by atoms with Crippen molar-refractivity contribution in [3.63, 3.8) is 0 Å². The van der Waals surface area contributed by atoms with Crippen molar-refractivity contribution in [3.8, 4) is 55.6 Å². The van der Waals surface area contributed by atoms with Crippen LogP contribution in [-0.4, -0.2) is 0 Å². The Bertz CT molecular complexity index is 2810. The number of nitrogens with zero attached hydrogens (tertiary/aromatic N) is 1. The lowest BCUT2D eigenvalue weighted by atomic mass is 9.94. The van der Waals surface area contributed by atoms with Crippen LogP contribution in [0.3, 0.4) is 0 Å². The van der Waals surface area contributed by atoms with Gasteiger partial charge in [-0.2, -0.15) is 0 Å². The van der Waals surface area contributed by atoms with Crippen molar-refractivity contribution >= 4 is 39.0 Å². The van der Waals surface area contributed by atoms with Gasteiger partial charge in [-0.15, -0.1) is 0 Å². The fourth-order valence-corrected chi connectivity index (χ4v) is 7.80. The van der Waals surface area contributed by atoms with Gasteiger partial charge in [0.05, 0.1) is 0 Å². The van der Waals surface area contributed by atoms with Crippen LogP contribution in [-0.2, 0) is 0 Å². The standard InChI is InChI=1S/C54H37NO/c1-4-12-38(13-5-1)41-20-22-45(23-21-41)51-36-46(37-52-50-18-10-11-19-53(50)56-54(51)52)44-28-34-49(35-29-44)55(47-30-24-42(25-31-47)39-14-6-2-7-15-39)48-32-26-43(27-33-48)40-16-8-3-9-17-40/h1-37H. The fourth-order valence-electron chi connectivity index (χ4n) is 7.80. The Morgan fingerprint density at radius 1 is 0.268 bits per heavy atom. The molecule has 0 aliphatic carbocycles. The van der Waals surface area contributed by atoms with Crippen LogP contribution in [0.25, 0.3) is 77.6 Å². The summed E-state index contributed by atoms with van der Waals surface area (Å²) in [6, 6.07) is 80.0. The highest BCUT2D eigenvalue weighted by atomic mass is 16.3. The molecule has 9 aromatic carbocycles. The smallest absolute Gasteiger partial charge is 0.143 e. The lowest BCUT2D eigenvalue weighted by molar-refractivity contribution is 0.670. The van der Waals surface area contributed by atoms with Crippen LogP contribution in [0, 0.1) is 0 Å². The maximum absolute atomic E-state index is 6.56. The molecule has 10 rings (SSSR count). The van der Waals surface area contributed by atoms with Gasteiger partial charge in [-0.05, 0) is 105 Å². The first-order valence-electron chi connectivity index (χ1n) is 19.1. The van der Waals surface area contributed by atoms with Crippen LogP contribution in [0.5, 0.6) is 0 Å². The molecule has 264 valence electrons. The van der Waals surface area contributed by atoms with Crippen LogP contribution < -0.4 is 4.90 Å². The van der Waals surface area contributed by atoms with Gasteiger partial charge < -0.3 is 9.32 Å². The quantitative estimate of drug-likeness (QED) is 0.156. The summed E-state index contributed by atoms with van der Waals surface area (Å²) in [5.74, 6) is 0. The predicted octanol–water partition coefficient (Wildman–Crippen LogP) is 15.4. The second-order valence-corrected chi connectivity index (χ2v) is 14.2. The zero-order valence-electron chi connectivity index (χ0n) is 30.7. The highest BCUT2D eigenvalue weighted by Crippen LogP contribution is 2.42. The number of para-hydroxylation sites is 1. The number of hydrogen-bond acceptors (Lipinski definition) is 2. The van der Waals surface area contributed by atoms with Crippen LogP contribution >= 0.6 is 0 Å². The molecule has 0 aliphatic rings. The molecule has 0 fully saturated rings. The lowest BCUT2D eigenvalue weighted by Gasteiger charge is -2.26. The van der Waals surface area contributed by atoms with E-state index < -0.39 is 0 Å². The zero-order valence-corrected chi connectivity index (χ0v) is 30.7. The predicted molar refractivity (Wildman–Crippen MR) is 236 cm³/mol. The molecule has 2 nitrogen and oxygen atoms in total. The van der Waals surface area contributed by atoms with Crippen LogP contribution in [0.4, 0.5) is 17.1 Å². The fraction of sp³-hybridized carbons (Fsp3) is 0. The highest BCUT2D eigenvalue weighted by Gasteiger charge is 2.17. The molecule has 0 unspecified atom stereocenters. The summed E-state index contributed by atoms with van der Waals surface area (Å²) in [6.07, 6.45) is 0. The summed E-state index contributed by atoms with van der Waals surface area (Å²) in [4.78, 5) is 2.33. The molecule has 0 bridgehead atoms. The number of furan rings is 1. The Labute approximate surface area is 327 Å². The summed E-state index contributed by atoms with van der Waals surface area (Å²) >= 11 is 0. The number of benzene rings is 9. The minimum atomic E-state index is 0.893. The monoisotopic (exact) mass is 715 g/mol. The summed E-state index contributed by atoms with van der Waals surface area (Å²) in [5.41, 5.74) is 16.7. The molecule has 1 aromatic heterocycles. The third-order valence-electron chi connectivity index (χ3n) is 10.7. The van der Waals surface area contributed by atoms with Crippen molar-refractivity contribution in [2.75, 3.05) is 4.90 Å². The van der Waals surface area contributed by atoms with Gasteiger partial charge in [-0.3, -0.25) is 0 Å². The SMILES string of the molecule is c1ccc(-c2ccc(-c3cc(-c4ccc(N(c5ccc(-c6ccccc6)cc5)c5ccc(-c6ccccc6)cc5)cc4)cc4c3oc3ccccc34)cc2)cc1. The number of anilines is 3. The molecule has 0 radical (unpaired) electrons. The second-order valence-electron chi connectivity index (χ2n) is 14.2. The van der Waals surface area contributed by atoms with E-state index >= 15 is 0 Å². The van der Waals surface area contributed by atoms with Gasteiger partial charge in [0.1, 0.15) is 11.2 Å². The van der Waals surface area contributed by atoms with Crippen molar-refractivity contribution in [3.05, 3.63) is 224 Å². The van der Waals surface area contributed by atoms with E-state index in [0.717, 1.165) is 61.3 Å². The number of hydrogen-bond donors (Lipinski definition) is 0. The minimum absolute atomic E-state index is 0.893. The molecule has 0 aliphatic heterocycles. The van der Waals surface area contributed by atoms with E-state index in [2.05, 4.69) is 223 Å². The van der Waals surface area contributed by atoms with E-state index in [1.54, 1.807) is 0 Å². The first kappa shape index (κ1) is 33.2. The van der Waals surface area contributed by atoms with E-state index in [-0.39, 0.29) is 0 Å². The molecule has 56 heavy (non-hydrogen) atoms.